The summed E-state index contributed by atoms with van der Waals surface area (Å²) in [5.74, 6) is -0.866. The van der Waals surface area contributed by atoms with Crippen molar-refractivity contribution in [2.45, 2.75) is 12.5 Å². The smallest absolute Gasteiger partial charge is 0.325 e. The fourth-order valence-corrected chi connectivity index (χ4v) is 2.61. The molecule has 0 aliphatic carbocycles. The van der Waals surface area contributed by atoms with Crippen molar-refractivity contribution in [2.75, 3.05) is 34.3 Å². The van der Waals surface area contributed by atoms with E-state index in [0.29, 0.717) is 11.3 Å². The fourth-order valence-electron chi connectivity index (χ4n) is 2.61. The SMILES string of the molecule is CNC(=O)CN(C)C(=O)CN1C(=O)N[C@@](C)(c2cccc(OC)c2)C1=O. The highest BCUT2D eigenvalue weighted by Crippen LogP contribution is 2.30. The van der Waals surface area contributed by atoms with Crippen LogP contribution in [0, 0.1) is 0 Å². The Labute approximate surface area is 151 Å². The average Bonchev–Trinajstić information content (AvgIpc) is 2.85. The Kier molecular flexibility index (Phi) is 5.49. The van der Waals surface area contributed by atoms with E-state index in [4.69, 9.17) is 4.74 Å². The van der Waals surface area contributed by atoms with Crippen LogP contribution in [0.2, 0.25) is 0 Å². The number of carbonyl (C=O) groups is 4. The standard InChI is InChI=1S/C17H22N4O5/c1-17(11-6-5-7-12(8-11)26-4)15(24)21(16(25)19-17)10-14(23)20(3)9-13(22)18-2/h5-8H,9-10H2,1-4H3,(H,18,22)(H,19,25)/t17-/m0/s1. The third kappa shape index (κ3) is 3.61. The first-order valence-corrected chi connectivity index (χ1v) is 7.96. The van der Waals surface area contributed by atoms with Crippen LogP contribution in [0.4, 0.5) is 4.79 Å². The van der Waals surface area contributed by atoms with Gasteiger partial charge in [-0.15, -0.1) is 0 Å². The lowest BCUT2D eigenvalue weighted by Crippen LogP contribution is -2.45. The molecule has 0 saturated carbocycles. The number of methoxy groups -OCH3 is 1. The third-order valence-corrected chi connectivity index (χ3v) is 4.30. The maximum Gasteiger partial charge on any atom is 0.325 e. The average molecular weight is 362 g/mol. The van der Waals surface area contributed by atoms with Crippen molar-refractivity contribution in [1.82, 2.24) is 20.4 Å². The molecule has 0 aromatic heterocycles. The molecule has 2 rings (SSSR count). The number of ether oxygens (including phenoxy) is 1. The number of carbonyl (C=O) groups excluding carboxylic acids is 4. The van der Waals surface area contributed by atoms with E-state index < -0.39 is 29.9 Å². The monoisotopic (exact) mass is 362 g/mol. The predicted octanol–water partition coefficient (Wildman–Crippen LogP) is -0.333. The number of hydrogen-bond donors (Lipinski definition) is 2. The van der Waals surface area contributed by atoms with Gasteiger partial charge in [-0.05, 0) is 24.6 Å². The van der Waals surface area contributed by atoms with Crippen LogP contribution < -0.4 is 15.4 Å². The lowest BCUT2D eigenvalue weighted by Gasteiger charge is -2.23. The van der Waals surface area contributed by atoms with Crippen LogP contribution in [0.5, 0.6) is 5.75 Å². The number of benzene rings is 1. The Hall–Kier alpha value is -3.10. The Balaban J connectivity index is 2.17. The van der Waals surface area contributed by atoms with Gasteiger partial charge in [-0.25, -0.2) is 4.79 Å². The molecule has 1 aromatic rings. The zero-order valence-corrected chi connectivity index (χ0v) is 15.2. The summed E-state index contributed by atoms with van der Waals surface area (Å²) in [5.41, 5.74) is -0.755. The van der Waals surface area contributed by atoms with Crippen molar-refractivity contribution in [3.8, 4) is 5.75 Å². The van der Waals surface area contributed by atoms with Crippen LogP contribution in [0.25, 0.3) is 0 Å². The summed E-state index contributed by atoms with van der Waals surface area (Å²) in [4.78, 5) is 50.7. The van der Waals surface area contributed by atoms with Gasteiger partial charge >= 0.3 is 6.03 Å². The highest BCUT2D eigenvalue weighted by atomic mass is 16.5. The fraction of sp³-hybridized carbons (Fsp3) is 0.412. The number of urea groups is 1. The molecular weight excluding hydrogens is 340 g/mol. The van der Waals surface area contributed by atoms with Crippen molar-refractivity contribution in [2.24, 2.45) is 0 Å². The van der Waals surface area contributed by atoms with Gasteiger partial charge in [-0.3, -0.25) is 19.3 Å². The normalized spacial score (nSPS) is 19.2. The molecule has 1 saturated heterocycles. The summed E-state index contributed by atoms with van der Waals surface area (Å²) in [5, 5.41) is 5.03. The van der Waals surface area contributed by atoms with Crippen LogP contribution >= 0.6 is 0 Å². The van der Waals surface area contributed by atoms with Crippen molar-refractivity contribution < 1.29 is 23.9 Å². The minimum Gasteiger partial charge on any atom is -0.497 e. The molecule has 1 fully saturated rings. The molecule has 0 bridgehead atoms. The second-order valence-corrected chi connectivity index (χ2v) is 6.10. The van der Waals surface area contributed by atoms with Gasteiger partial charge in [-0.1, -0.05) is 12.1 Å². The predicted molar refractivity (Wildman–Crippen MR) is 92.3 cm³/mol. The number of nitrogens with one attached hydrogen (secondary N) is 2. The molecule has 9 nitrogen and oxygen atoms in total. The molecule has 5 amide bonds. The Morgan fingerprint density at radius 3 is 2.65 bits per heavy atom. The highest BCUT2D eigenvalue weighted by Gasteiger charge is 2.49. The number of hydrogen-bond acceptors (Lipinski definition) is 5. The summed E-state index contributed by atoms with van der Waals surface area (Å²) in [6.45, 7) is 0.963. The maximum atomic E-state index is 12.8. The Morgan fingerprint density at radius 1 is 1.35 bits per heavy atom. The molecule has 2 N–H and O–H groups in total. The van der Waals surface area contributed by atoms with E-state index in [2.05, 4.69) is 10.6 Å². The maximum absolute atomic E-state index is 12.8. The largest absolute Gasteiger partial charge is 0.497 e. The number of likely N-dealkylation sites (N-methyl/N-ethyl adjacent to an activating group) is 2. The van der Waals surface area contributed by atoms with E-state index in [1.807, 2.05) is 0 Å². The van der Waals surface area contributed by atoms with Crippen molar-refractivity contribution in [3.63, 3.8) is 0 Å². The summed E-state index contributed by atoms with van der Waals surface area (Å²) in [6.07, 6.45) is 0. The molecule has 140 valence electrons. The number of amides is 5. The third-order valence-electron chi connectivity index (χ3n) is 4.30. The first kappa shape index (κ1) is 19.2. The van der Waals surface area contributed by atoms with Gasteiger partial charge in [0.1, 0.15) is 17.8 Å². The van der Waals surface area contributed by atoms with Gasteiger partial charge in [0.05, 0.1) is 13.7 Å². The van der Waals surface area contributed by atoms with Crippen LogP contribution in [-0.2, 0) is 19.9 Å². The topological polar surface area (TPSA) is 108 Å². The lowest BCUT2D eigenvalue weighted by molar-refractivity contribution is -0.139. The first-order chi connectivity index (χ1) is 12.2. The molecular formula is C17H22N4O5. The molecule has 0 spiro atoms. The van der Waals surface area contributed by atoms with Crippen molar-refractivity contribution in [1.29, 1.82) is 0 Å². The molecule has 1 aromatic carbocycles. The molecule has 1 aliphatic heterocycles. The Morgan fingerprint density at radius 2 is 2.04 bits per heavy atom. The summed E-state index contributed by atoms with van der Waals surface area (Å²) >= 11 is 0. The second-order valence-electron chi connectivity index (χ2n) is 6.10. The first-order valence-electron chi connectivity index (χ1n) is 7.96. The second kappa shape index (κ2) is 7.42. The van der Waals surface area contributed by atoms with E-state index in [-0.39, 0.29) is 12.5 Å². The van der Waals surface area contributed by atoms with Gasteiger partial charge < -0.3 is 20.3 Å². The molecule has 1 heterocycles. The minimum atomic E-state index is -1.30. The van der Waals surface area contributed by atoms with Gasteiger partial charge in [0, 0.05) is 14.1 Å². The number of nitrogens with zero attached hydrogens (tertiary/aromatic N) is 2. The molecule has 1 aliphatic rings. The van der Waals surface area contributed by atoms with Gasteiger partial charge in [0.25, 0.3) is 5.91 Å². The molecule has 9 heteroatoms. The summed E-state index contributed by atoms with van der Waals surface area (Å²) in [7, 11) is 4.39. The summed E-state index contributed by atoms with van der Waals surface area (Å²) in [6, 6.07) is 6.12. The van der Waals surface area contributed by atoms with E-state index in [1.165, 1.54) is 21.2 Å². The summed E-state index contributed by atoms with van der Waals surface area (Å²) < 4.78 is 5.16. The minimum absolute atomic E-state index is 0.161. The molecule has 1 atom stereocenters. The van der Waals surface area contributed by atoms with E-state index in [1.54, 1.807) is 31.2 Å². The zero-order chi connectivity index (χ0) is 19.5. The zero-order valence-electron chi connectivity index (χ0n) is 15.2. The van der Waals surface area contributed by atoms with E-state index >= 15 is 0 Å². The van der Waals surface area contributed by atoms with Gasteiger partial charge in [0.2, 0.25) is 11.8 Å². The van der Waals surface area contributed by atoms with Crippen LogP contribution in [-0.4, -0.2) is 67.8 Å². The Bertz CT molecular complexity index is 750. The number of imide groups is 1. The van der Waals surface area contributed by atoms with Gasteiger partial charge in [0.15, 0.2) is 0 Å². The van der Waals surface area contributed by atoms with Crippen LogP contribution in [0.15, 0.2) is 24.3 Å². The highest BCUT2D eigenvalue weighted by molar-refractivity contribution is 6.09. The van der Waals surface area contributed by atoms with Crippen LogP contribution in [0.3, 0.4) is 0 Å². The molecule has 0 unspecified atom stereocenters. The van der Waals surface area contributed by atoms with E-state index in [9.17, 15) is 19.2 Å². The van der Waals surface area contributed by atoms with Crippen molar-refractivity contribution in [3.05, 3.63) is 29.8 Å². The lowest BCUT2D eigenvalue weighted by atomic mass is 9.92. The van der Waals surface area contributed by atoms with Gasteiger partial charge in [-0.2, -0.15) is 0 Å². The molecule has 0 radical (unpaired) electrons. The molecule has 26 heavy (non-hydrogen) atoms. The quantitative estimate of drug-likeness (QED) is 0.674. The van der Waals surface area contributed by atoms with Crippen LogP contribution in [0.1, 0.15) is 12.5 Å². The van der Waals surface area contributed by atoms with Crippen molar-refractivity contribution >= 4 is 23.8 Å². The number of rotatable bonds is 6. The van der Waals surface area contributed by atoms with E-state index in [0.717, 1.165) is 9.80 Å².